The minimum absolute atomic E-state index is 0.160. The minimum atomic E-state index is 0.160. The van der Waals surface area contributed by atoms with Crippen LogP contribution in [0, 0.1) is 5.92 Å². The maximum absolute atomic E-state index is 12.5. The lowest BCUT2D eigenvalue weighted by atomic mass is 9.90. The number of nitrogens with zero attached hydrogens (tertiary/aromatic N) is 4. The number of aromatic nitrogens is 3. The summed E-state index contributed by atoms with van der Waals surface area (Å²) in [6.45, 7) is 5.67. The lowest BCUT2D eigenvalue weighted by Gasteiger charge is -2.38. The predicted octanol–water partition coefficient (Wildman–Crippen LogP) is 2.35. The fraction of sp³-hybridized carbons (Fsp3) is 0.833. The minimum Gasteiger partial charge on any atom is -0.349 e. The molecule has 2 heterocycles. The Kier molecular flexibility index (Phi) is 6.24. The average Bonchev–Trinajstić information content (AvgIpc) is 3.08. The molecule has 1 aromatic heterocycles. The van der Waals surface area contributed by atoms with Crippen molar-refractivity contribution in [1.29, 1.82) is 0 Å². The van der Waals surface area contributed by atoms with Crippen LogP contribution >= 0.6 is 0 Å². The molecule has 0 bridgehead atoms. The van der Waals surface area contributed by atoms with E-state index < -0.39 is 0 Å². The smallest absolute Gasteiger partial charge is 0.223 e. The summed E-state index contributed by atoms with van der Waals surface area (Å²) in [6, 6.07) is 0.773. The zero-order valence-corrected chi connectivity index (χ0v) is 14.9. The highest BCUT2D eigenvalue weighted by Crippen LogP contribution is 2.27. The number of aryl methyl sites for hydroxylation is 1. The molecule has 0 spiro atoms. The fourth-order valence-corrected chi connectivity index (χ4v) is 4.13. The number of rotatable bonds is 6. The molecule has 1 N–H and O–H groups in total. The third kappa shape index (κ3) is 4.35. The van der Waals surface area contributed by atoms with E-state index in [4.69, 9.17) is 0 Å². The molecule has 0 radical (unpaired) electrons. The summed E-state index contributed by atoms with van der Waals surface area (Å²) in [6.07, 6.45) is 11.6. The van der Waals surface area contributed by atoms with Crippen molar-refractivity contribution >= 4 is 5.91 Å². The van der Waals surface area contributed by atoms with Crippen molar-refractivity contribution in [3.8, 4) is 0 Å². The van der Waals surface area contributed by atoms with Crippen LogP contribution in [0.3, 0.4) is 0 Å². The molecule has 24 heavy (non-hydrogen) atoms. The topological polar surface area (TPSA) is 63.1 Å². The number of hydrogen-bond donors (Lipinski definition) is 1. The summed E-state index contributed by atoms with van der Waals surface area (Å²) in [5, 5.41) is 11.1. The molecular weight excluding hydrogens is 302 g/mol. The lowest BCUT2D eigenvalue weighted by molar-refractivity contribution is -0.126. The van der Waals surface area contributed by atoms with E-state index in [0.29, 0.717) is 6.54 Å². The van der Waals surface area contributed by atoms with Gasteiger partial charge in [-0.15, -0.1) is 10.2 Å². The maximum atomic E-state index is 12.5. The molecule has 0 aromatic carbocycles. The van der Waals surface area contributed by atoms with Crippen molar-refractivity contribution < 1.29 is 4.79 Å². The average molecular weight is 333 g/mol. The maximum Gasteiger partial charge on any atom is 0.223 e. The van der Waals surface area contributed by atoms with Crippen LogP contribution in [-0.2, 0) is 17.9 Å². The van der Waals surface area contributed by atoms with E-state index in [0.717, 1.165) is 50.8 Å². The number of carbonyl (C=O) groups is 1. The normalized spacial score (nSPS) is 21.0. The van der Waals surface area contributed by atoms with Crippen LogP contribution in [-0.4, -0.2) is 44.7 Å². The Balaban J connectivity index is 1.42. The Hall–Kier alpha value is -1.43. The standard InChI is InChI=1S/C18H31N5O/c1-2-10-23-14-20-21-17(23)13-19-18(24)15-8-11-22(12-9-15)16-6-4-3-5-7-16/h14-16H,2-13H2,1H3,(H,19,24). The molecule has 1 aromatic rings. The Bertz CT molecular complexity index is 515. The zero-order chi connectivity index (χ0) is 16.8. The van der Waals surface area contributed by atoms with Crippen LogP contribution in [0.5, 0.6) is 0 Å². The third-order valence-corrected chi connectivity index (χ3v) is 5.57. The van der Waals surface area contributed by atoms with Crippen LogP contribution in [0.1, 0.15) is 64.1 Å². The summed E-state index contributed by atoms with van der Waals surface area (Å²) in [5.41, 5.74) is 0. The van der Waals surface area contributed by atoms with Crippen molar-refractivity contribution in [3.63, 3.8) is 0 Å². The first-order valence-electron chi connectivity index (χ1n) is 9.66. The number of carbonyl (C=O) groups excluding carboxylic acids is 1. The lowest BCUT2D eigenvalue weighted by Crippen LogP contribution is -2.45. The monoisotopic (exact) mass is 333 g/mol. The predicted molar refractivity (Wildman–Crippen MR) is 93.3 cm³/mol. The van der Waals surface area contributed by atoms with Crippen molar-refractivity contribution in [2.45, 2.75) is 77.4 Å². The van der Waals surface area contributed by atoms with Gasteiger partial charge in [0.05, 0.1) is 6.54 Å². The van der Waals surface area contributed by atoms with Crippen molar-refractivity contribution in [1.82, 2.24) is 25.0 Å². The molecule has 1 saturated heterocycles. The van der Waals surface area contributed by atoms with Gasteiger partial charge in [0.2, 0.25) is 5.91 Å². The first-order valence-corrected chi connectivity index (χ1v) is 9.66. The molecule has 6 nitrogen and oxygen atoms in total. The number of piperidine rings is 1. The summed E-state index contributed by atoms with van der Waals surface area (Å²) >= 11 is 0. The largest absolute Gasteiger partial charge is 0.349 e. The van der Waals surface area contributed by atoms with Gasteiger partial charge in [-0.25, -0.2) is 0 Å². The Morgan fingerprint density at radius 3 is 2.67 bits per heavy atom. The zero-order valence-electron chi connectivity index (χ0n) is 14.9. The van der Waals surface area contributed by atoms with Gasteiger partial charge in [0.15, 0.2) is 5.82 Å². The number of likely N-dealkylation sites (tertiary alicyclic amines) is 1. The van der Waals surface area contributed by atoms with Crippen molar-refractivity contribution in [2.75, 3.05) is 13.1 Å². The summed E-state index contributed by atoms with van der Waals surface area (Å²) < 4.78 is 2.02. The first-order chi connectivity index (χ1) is 11.8. The highest BCUT2D eigenvalue weighted by atomic mass is 16.1. The second-order valence-corrected chi connectivity index (χ2v) is 7.26. The number of nitrogens with one attached hydrogen (secondary N) is 1. The molecule has 1 aliphatic heterocycles. The van der Waals surface area contributed by atoms with E-state index in [1.165, 1.54) is 32.1 Å². The number of hydrogen-bond acceptors (Lipinski definition) is 4. The summed E-state index contributed by atoms with van der Waals surface area (Å²) in [5.74, 6) is 1.20. The van der Waals surface area contributed by atoms with E-state index >= 15 is 0 Å². The van der Waals surface area contributed by atoms with Crippen molar-refractivity contribution in [2.24, 2.45) is 5.92 Å². The molecule has 1 aliphatic carbocycles. The van der Waals surface area contributed by atoms with E-state index in [1.54, 1.807) is 6.33 Å². The van der Waals surface area contributed by atoms with Gasteiger partial charge in [-0.1, -0.05) is 26.2 Å². The summed E-state index contributed by atoms with van der Waals surface area (Å²) in [4.78, 5) is 15.1. The molecule has 0 atom stereocenters. The Labute approximate surface area is 145 Å². The van der Waals surface area contributed by atoms with E-state index in [9.17, 15) is 4.79 Å². The second kappa shape index (κ2) is 8.60. The summed E-state index contributed by atoms with van der Waals surface area (Å²) in [7, 11) is 0. The van der Waals surface area contributed by atoms with E-state index in [1.807, 2.05) is 4.57 Å². The molecule has 0 unspecified atom stereocenters. The second-order valence-electron chi connectivity index (χ2n) is 7.26. The van der Waals surface area contributed by atoms with E-state index in [-0.39, 0.29) is 11.8 Å². The fourth-order valence-electron chi connectivity index (χ4n) is 4.13. The van der Waals surface area contributed by atoms with Gasteiger partial charge in [-0.2, -0.15) is 0 Å². The van der Waals surface area contributed by atoms with E-state index in [2.05, 4.69) is 27.3 Å². The Morgan fingerprint density at radius 1 is 1.21 bits per heavy atom. The van der Waals surface area contributed by atoms with Crippen LogP contribution in [0.2, 0.25) is 0 Å². The molecule has 2 aliphatic rings. The first kappa shape index (κ1) is 17.4. The van der Waals surface area contributed by atoms with Gasteiger partial charge in [0, 0.05) is 18.5 Å². The van der Waals surface area contributed by atoms with Crippen LogP contribution in [0.15, 0.2) is 6.33 Å². The van der Waals surface area contributed by atoms with Gasteiger partial charge in [0.25, 0.3) is 0 Å². The highest BCUT2D eigenvalue weighted by molar-refractivity contribution is 5.78. The molecule has 6 heteroatoms. The molecule has 2 fully saturated rings. The van der Waals surface area contributed by atoms with Gasteiger partial charge >= 0.3 is 0 Å². The SMILES string of the molecule is CCCn1cnnc1CNC(=O)C1CCN(C2CCCCC2)CC1. The molecule has 1 amide bonds. The van der Waals surface area contributed by atoms with Crippen molar-refractivity contribution in [3.05, 3.63) is 12.2 Å². The highest BCUT2D eigenvalue weighted by Gasteiger charge is 2.29. The molecule has 134 valence electrons. The van der Waals surface area contributed by atoms with Crippen LogP contribution in [0.25, 0.3) is 0 Å². The van der Waals surface area contributed by atoms with Crippen LogP contribution in [0.4, 0.5) is 0 Å². The van der Waals surface area contributed by atoms with Gasteiger partial charge < -0.3 is 14.8 Å². The molecular formula is C18H31N5O. The third-order valence-electron chi connectivity index (χ3n) is 5.57. The van der Waals surface area contributed by atoms with Gasteiger partial charge in [0.1, 0.15) is 6.33 Å². The Morgan fingerprint density at radius 2 is 1.96 bits per heavy atom. The van der Waals surface area contributed by atoms with Crippen LogP contribution < -0.4 is 5.32 Å². The van der Waals surface area contributed by atoms with Gasteiger partial charge in [-0.05, 0) is 45.2 Å². The molecule has 1 saturated carbocycles. The quantitative estimate of drug-likeness (QED) is 0.868. The number of amides is 1. The van der Waals surface area contributed by atoms with Gasteiger partial charge in [-0.3, -0.25) is 4.79 Å². The molecule has 3 rings (SSSR count).